The summed E-state index contributed by atoms with van der Waals surface area (Å²) in [6.07, 6.45) is 0.872. The lowest BCUT2D eigenvalue weighted by Gasteiger charge is -2.45. The van der Waals surface area contributed by atoms with E-state index in [1.807, 2.05) is 59.8 Å². The van der Waals surface area contributed by atoms with Crippen LogP contribution in [0.5, 0.6) is 0 Å². The summed E-state index contributed by atoms with van der Waals surface area (Å²) in [7, 11) is 0.0114. The van der Waals surface area contributed by atoms with Crippen molar-refractivity contribution in [1.29, 1.82) is 0 Å². The molecule has 2 fully saturated rings. The highest BCUT2D eigenvalue weighted by Gasteiger charge is 2.48. The number of nitrogens with one attached hydrogen (secondary N) is 1. The highest BCUT2D eigenvalue weighted by molar-refractivity contribution is 6.74. The summed E-state index contributed by atoms with van der Waals surface area (Å²) in [4.78, 5) is 123. The first-order valence-electron chi connectivity index (χ1n) is 26.5. The number of amides is 7. The van der Waals surface area contributed by atoms with E-state index in [1.165, 1.54) is 34.1 Å². The molecular weight excluding hydrogens is 1020 g/mol. The Balaban J connectivity index is 1.48. The van der Waals surface area contributed by atoms with Crippen molar-refractivity contribution in [3.8, 4) is 0 Å². The predicted molar refractivity (Wildman–Crippen MR) is 292 cm³/mol. The van der Waals surface area contributed by atoms with Gasteiger partial charge in [-0.2, -0.15) is 0 Å². The second-order valence-electron chi connectivity index (χ2n) is 21.4. The Morgan fingerprint density at radius 2 is 1.17 bits per heavy atom. The highest BCUT2D eigenvalue weighted by atomic mass is 28.4. The van der Waals surface area contributed by atoms with E-state index < -0.39 is 92.3 Å². The van der Waals surface area contributed by atoms with Gasteiger partial charge in [0.2, 0.25) is 11.8 Å². The molecule has 0 saturated carbocycles. The fourth-order valence-electron chi connectivity index (χ4n) is 8.61. The van der Waals surface area contributed by atoms with Crippen LogP contribution in [0.3, 0.4) is 0 Å². The molecule has 0 aromatic heterocycles. The Kier molecular flexibility index (Phi) is 22.1. The summed E-state index contributed by atoms with van der Waals surface area (Å²) in [5.74, 6) is -4.83. The Labute approximate surface area is 459 Å². The number of ether oxygens (including phenoxy) is 3. The lowest BCUT2D eigenvalue weighted by molar-refractivity contribution is -0.218. The van der Waals surface area contributed by atoms with Crippen molar-refractivity contribution in [1.82, 2.24) is 35.3 Å². The van der Waals surface area contributed by atoms with Crippen molar-refractivity contribution >= 4 is 56.0 Å². The Morgan fingerprint density at radius 1 is 0.692 bits per heavy atom. The number of rotatable bonds is 20. The topological polar surface area (TPSA) is 214 Å². The number of likely N-dealkylation sites (N-methyl/N-ethyl adjacent to an activating group) is 1. The van der Waals surface area contributed by atoms with Crippen LogP contribution < -0.4 is 5.32 Å². The Hall–Kier alpha value is -7.10. The van der Waals surface area contributed by atoms with Crippen molar-refractivity contribution < 1.29 is 61.8 Å². The van der Waals surface area contributed by atoms with Crippen LogP contribution in [0.25, 0.3) is 0 Å². The molecule has 6 atom stereocenters. The minimum absolute atomic E-state index is 0.0415. The van der Waals surface area contributed by atoms with E-state index in [9.17, 15) is 28.8 Å². The first-order valence-corrected chi connectivity index (χ1v) is 29.4. The van der Waals surface area contributed by atoms with Gasteiger partial charge in [-0.3, -0.25) is 28.8 Å². The first kappa shape index (κ1) is 61.7. The van der Waals surface area contributed by atoms with Gasteiger partial charge in [-0.1, -0.05) is 132 Å². The molecular formula is C57H79N7O13Si. The summed E-state index contributed by atoms with van der Waals surface area (Å²) in [6.45, 7) is 17.8. The predicted octanol–water partition coefficient (Wildman–Crippen LogP) is 7.55. The molecule has 20 nitrogen and oxygen atoms in total. The van der Waals surface area contributed by atoms with Gasteiger partial charge in [0.1, 0.15) is 44.0 Å². The van der Waals surface area contributed by atoms with Crippen LogP contribution in [0, 0.1) is 5.92 Å². The van der Waals surface area contributed by atoms with Gasteiger partial charge in [0.25, 0.3) is 17.7 Å². The van der Waals surface area contributed by atoms with Gasteiger partial charge < -0.3 is 28.9 Å². The third-order valence-electron chi connectivity index (χ3n) is 14.2. The molecule has 2 aliphatic rings. The number of hydrogen-bond acceptors (Lipinski definition) is 13. The van der Waals surface area contributed by atoms with Gasteiger partial charge in [0, 0.05) is 26.2 Å². The van der Waals surface area contributed by atoms with Gasteiger partial charge in [-0.15, -0.1) is 0 Å². The van der Waals surface area contributed by atoms with Crippen molar-refractivity contribution in [2.24, 2.45) is 5.92 Å². The van der Waals surface area contributed by atoms with Crippen LogP contribution >= 0.6 is 0 Å². The van der Waals surface area contributed by atoms with Crippen LogP contribution in [0.1, 0.15) is 97.8 Å². The van der Waals surface area contributed by atoms with Crippen molar-refractivity contribution in [3.05, 3.63) is 120 Å². The molecule has 2 heterocycles. The minimum Gasteiger partial charge on any atom is -0.467 e. The Bertz CT molecular complexity index is 2570. The molecule has 0 radical (unpaired) electrons. The molecule has 0 spiro atoms. The van der Waals surface area contributed by atoms with Gasteiger partial charge in [-0.05, 0) is 87.2 Å². The molecule has 424 valence electrons. The summed E-state index contributed by atoms with van der Waals surface area (Å²) >= 11 is 0. The van der Waals surface area contributed by atoms with Crippen LogP contribution in [-0.4, -0.2) is 150 Å². The number of hydrazine groups is 2. The van der Waals surface area contributed by atoms with Crippen molar-refractivity contribution in [3.63, 3.8) is 0 Å². The number of nitrogens with zero attached hydrogens (tertiary/aromatic N) is 6. The SMILES string of the molecule is COC(=O)[C@H](NC(=O)[C@@H]1CCCN(C(=O)OCc2ccccc2)N1C(=O)[C@@H](C)N(C)C(=O)[C@H](C)N(OCc1ccccc1)C(=O)[C@H]1CCCN(C(=O)OCc2ccccc2)N1C(=O)/C=C/C(C)C)[C@H](C)O[Si](C)(C)C(C)(C)C. The summed E-state index contributed by atoms with van der Waals surface area (Å²) in [5, 5.41) is 7.50. The van der Waals surface area contributed by atoms with Gasteiger partial charge >= 0.3 is 18.2 Å². The summed E-state index contributed by atoms with van der Waals surface area (Å²) in [5.41, 5.74) is 2.01. The lowest BCUT2D eigenvalue weighted by Crippen LogP contribution is -2.67. The lowest BCUT2D eigenvalue weighted by atomic mass is 10.0. The number of allylic oxidation sites excluding steroid dienone is 1. The highest BCUT2D eigenvalue weighted by Crippen LogP contribution is 2.38. The molecule has 2 aliphatic heterocycles. The largest absolute Gasteiger partial charge is 0.467 e. The normalized spacial score (nSPS) is 17.6. The third-order valence-corrected chi connectivity index (χ3v) is 18.8. The molecule has 3 aromatic carbocycles. The van der Waals surface area contributed by atoms with Gasteiger partial charge in [-0.25, -0.2) is 39.5 Å². The smallest absolute Gasteiger partial charge is 0.429 e. The maximum Gasteiger partial charge on any atom is 0.429 e. The zero-order valence-corrected chi connectivity index (χ0v) is 48.2. The second kappa shape index (κ2) is 28.0. The van der Waals surface area contributed by atoms with Gasteiger partial charge in [0.15, 0.2) is 14.4 Å². The average Bonchev–Trinajstić information content (AvgIpc) is 3.43. The molecule has 0 bridgehead atoms. The number of carbonyl (C=O) groups excluding carboxylic acids is 8. The molecule has 78 heavy (non-hydrogen) atoms. The maximum absolute atomic E-state index is 15.2. The average molecular weight is 1100 g/mol. The first-order chi connectivity index (χ1) is 36.9. The molecule has 1 N–H and O–H groups in total. The fraction of sp³-hybridized carbons (Fsp3) is 0.509. The minimum atomic E-state index is -2.51. The van der Waals surface area contributed by atoms with Crippen LogP contribution in [0.2, 0.25) is 18.1 Å². The number of carbonyl (C=O) groups is 8. The number of hydrogen-bond donors (Lipinski definition) is 1. The number of benzene rings is 3. The molecule has 5 rings (SSSR count). The van der Waals surface area contributed by atoms with E-state index in [0.717, 1.165) is 30.0 Å². The van der Waals surface area contributed by atoms with E-state index in [0.29, 0.717) is 16.7 Å². The second-order valence-corrected chi connectivity index (χ2v) is 26.2. The quantitative estimate of drug-likeness (QED) is 0.0381. The van der Waals surface area contributed by atoms with Crippen molar-refractivity contribution in [2.45, 2.75) is 155 Å². The molecule has 0 unspecified atom stereocenters. The molecule has 2 saturated heterocycles. The zero-order chi connectivity index (χ0) is 57.5. The fourth-order valence-corrected chi connectivity index (χ4v) is 10.0. The number of methoxy groups -OCH3 is 1. The molecule has 21 heteroatoms. The van der Waals surface area contributed by atoms with E-state index >= 15 is 9.59 Å². The molecule has 0 aliphatic carbocycles. The van der Waals surface area contributed by atoms with E-state index in [1.54, 1.807) is 91.9 Å². The molecule has 3 aromatic rings. The van der Waals surface area contributed by atoms with Crippen LogP contribution in [-0.2, 0) is 72.1 Å². The zero-order valence-electron chi connectivity index (χ0n) is 47.2. The maximum atomic E-state index is 15.2. The Morgan fingerprint density at radius 3 is 1.64 bits per heavy atom. The monoisotopic (exact) mass is 1100 g/mol. The standard InChI is InChI=1S/C57H79N7O13Si/c1-39(2)32-33-48(65)62-47(31-23-34-60(62)55(71)74-36-43-24-16-13-17-25-43)53(69)64(76-38-45-28-20-15-21-29-45)41(4)51(67)59(9)40(3)52(68)63-46(30-22-35-61(63)56(72)75-37-44-26-18-14-19-27-44)50(66)58-49(54(70)73-10)42(5)77-78(11,12)57(6,7)8/h13-21,24-29,32-33,39-42,46-47,49H,22-23,30-31,34-38H2,1-12H3,(H,58,66)/b33-32+/t40-,41+,42+,46+,47-,49-/m1/s1. The van der Waals surface area contributed by atoms with E-state index in [4.69, 9.17) is 23.5 Å². The summed E-state index contributed by atoms with van der Waals surface area (Å²) < 4.78 is 23.0. The van der Waals surface area contributed by atoms with Crippen LogP contribution in [0.4, 0.5) is 9.59 Å². The van der Waals surface area contributed by atoms with Crippen molar-refractivity contribution in [2.75, 3.05) is 27.2 Å². The number of hydroxylamine groups is 2. The third kappa shape index (κ3) is 16.0. The van der Waals surface area contributed by atoms with E-state index in [2.05, 4.69) is 5.32 Å². The van der Waals surface area contributed by atoms with Gasteiger partial charge in [0.05, 0.1) is 13.2 Å². The number of esters is 1. The molecule has 7 amide bonds. The van der Waals surface area contributed by atoms with E-state index in [-0.39, 0.29) is 69.5 Å². The van der Waals surface area contributed by atoms with Crippen LogP contribution in [0.15, 0.2) is 103 Å². The summed E-state index contributed by atoms with van der Waals surface area (Å²) in [6, 6.07) is 19.7.